The van der Waals surface area contributed by atoms with Crippen LogP contribution < -0.4 is 4.74 Å². The van der Waals surface area contributed by atoms with E-state index in [0.29, 0.717) is 0 Å². The van der Waals surface area contributed by atoms with Gasteiger partial charge in [-0.1, -0.05) is 0 Å². The van der Waals surface area contributed by atoms with Gasteiger partial charge >= 0.3 is 6.09 Å². The van der Waals surface area contributed by atoms with Crippen LogP contribution in [0.3, 0.4) is 0 Å². The number of likely N-dealkylation sites (tertiary alicyclic amines) is 1. The number of nitrogens with zero attached hydrogens (tertiary/aromatic N) is 1. The summed E-state index contributed by atoms with van der Waals surface area (Å²) < 4.78 is 49.0. The number of amides is 1. The molecule has 0 N–H and O–H groups in total. The predicted octanol–water partition coefficient (Wildman–Crippen LogP) is 3.76. The van der Waals surface area contributed by atoms with Crippen LogP contribution in [0.4, 0.5) is 18.0 Å². The molecule has 0 atom stereocenters. The first kappa shape index (κ1) is 16.5. The molecule has 1 aliphatic heterocycles. The molecule has 1 heterocycles. The maximum absolute atomic E-state index is 13.3. The molecule has 7 heteroatoms. The lowest BCUT2D eigenvalue weighted by Crippen LogP contribution is -2.57. The van der Waals surface area contributed by atoms with Gasteiger partial charge in [0.2, 0.25) is 0 Å². The second-order valence-corrected chi connectivity index (χ2v) is 6.15. The molecule has 0 bridgehead atoms. The Morgan fingerprint density at radius 2 is 1.91 bits per heavy atom. The zero-order valence-electron chi connectivity index (χ0n) is 12.6. The summed E-state index contributed by atoms with van der Waals surface area (Å²) in [5, 5.41) is 0. The summed E-state index contributed by atoms with van der Waals surface area (Å²) >= 11 is 0. The van der Waals surface area contributed by atoms with Gasteiger partial charge in [-0.3, -0.25) is 0 Å². The van der Waals surface area contributed by atoms with E-state index in [0.717, 1.165) is 18.2 Å². The fourth-order valence-corrected chi connectivity index (χ4v) is 1.96. The van der Waals surface area contributed by atoms with E-state index < -0.39 is 29.5 Å². The van der Waals surface area contributed by atoms with E-state index in [1.54, 1.807) is 20.8 Å². The van der Waals surface area contributed by atoms with Crippen LogP contribution in [0, 0.1) is 5.82 Å². The van der Waals surface area contributed by atoms with Gasteiger partial charge < -0.3 is 14.4 Å². The van der Waals surface area contributed by atoms with E-state index in [9.17, 15) is 18.0 Å². The molecule has 4 nitrogen and oxygen atoms in total. The molecule has 0 unspecified atom stereocenters. The first-order valence-corrected chi connectivity index (χ1v) is 6.87. The summed E-state index contributed by atoms with van der Waals surface area (Å²) in [7, 11) is 0. The summed E-state index contributed by atoms with van der Waals surface area (Å²) in [6.45, 7) is 5.83. The first-order valence-electron chi connectivity index (χ1n) is 6.87. The number of alkyl halides is 2. The Bertz CT molecular complexity index is 551. The van der Waals surface area contributed by atoms with Crippen molar-refractivity contribution in [2.45, 2.75) is 38.9 Å². The molecule has 1 aromatic carbocycles. The summed E-state index contributed by atoms with van der Waals surface area (Å²) in [6, 6.07) is 2.91. The van der Waals surface area contributed by atoms with E-state index in [2.05, 4.69) is 0 Å². The molecule has 1 saturated heterocycles. The highest BCUT2D eigenvalue weighted by Crippen LogP contribution is 2.27. The van der Waals surface area contributed by atoms with Crippen LogP contribution in [-0.4, -0.2) is 35.8 Å². The Kier molecular flexibility index (Phi) is 4.53. The molecule has 0 saturated carbocycles. The third kappa shape index (κ3) is 4.29. The molecule has 0 aromatic heterocycles. The second-order valence-electron chi connectivity index (χ2n) is 6.15. The number of benzene rings is 1. The molecule has 1 aromatic rings. The van der Waals surface area contributed by atoms with Gasteiger partial charge in [0.15, 0.2) is 0 Å². The second kappa shape index (κ2) is 6.06. The molecule has 1 aliphatic rings. The highest BCUT2D eigenvalue weighted by atomic mass is 19.3. The number of hydrogen-bond acceptors (Lipinski definition) is 3. The fourth-order valence-electron chi connectivity index (χ4n) is 1.96. The minimum atomic E-state index is -2.77. The number of halogens is 3. The number of rotatable bonds is 3. The summed E-state index contributed by atoms with van der Waals surface area (Å²) in [5.41, 5.74) is -1.02. The van der Waals surface area contributed by atoms with Crippen LogP contribution >= 0.6 is 0 Å². The van der Waals surface area contributed by atoms with Crippen LogP contribution in [0.25, 0.3) is 0 Å². The quantitative estimate of drug-likeness (QED) is 0.852. The number of ether oxygens (including phenoxy) is 2. The molecule has 0 radical (unpaired) electrons. The van der Waals surface area contributed by atoms with Gasteiger partial charge in [-0.05, 0) is 32.9 Å². The summed E-state index contributed by atoms with van der Waals surface area (Å²) in [6.07, 6.45) is -3.59. The van der Waals surface area contributed by atoms with Crippen LogP contribution in [0.15, 0.2) is 18.2 Å². The molecular weight excluding hydrogens is 299 g/mol. The Morgan fingerprint density at radius 3 is 2.45 bits per heavy atom. The molecular formula is C15H18F3NO3. The molecule has 0 spiro atoms. The van der Waals surface area contributed by atoms with Gasteiger partial charge in [0.05, 0.1) is 13.1 Å². The molecule has 2 rings (SSSR count). The standard InChI is InChI=1S/C15H18F3NO3/c1-15(2,3)22-14(20)19-7-12(8-19)21-11-5-9(13(17)18)4-10(16)6-11/h4-6,12-13H,7-8H2,1-3H3. The van der Waals surface area contributed by atoms with Crippen LogP contribution in [0.1, 0.15) is 32.8 Å². The maximum atomic E-state index is 13.3. The Morgan fingerprint density at radius 1 is 1.27 bits per heavy atom. The third-order valence-corrected chi connectivity index (χ3v) is 2.95. The van der Waals surface area contributed by atoms with Crippen molar-refractivity contribution >= 4 is 6.09 Å². The smallest absolute Gasteiger partial charge is 0.410 e. The number of carbonyl (C=O) groups excluding carboxylic acids is 1. The number of carbonyl (C=O) groups is 1. The monoisotopic (exact) mass is 317 g/mol. The SMILES string of the molecule is CC(C)(C)OC(=O)N1CC(Oc2cc(F)cc(C(F)F)c2)C1. The average Bonchev–Trinajstić information content (AvgIpc) is 2.30. The Hall–Kier alpha value is -1.92. The molecule has 22 heavy (non-hydrogen) atoms. The summed E-state index contributed by atoms with van der Waals surface area (Å²) in [4.78, 5) is 13.2. The van der Waals surface area contributed by atoms with Crippen molar-refractivity contribution in [2.24, 2.45) is 0 Å². The molecule has 122 valence electrons. The van der Waals surface area contributed by atoms with Crippen molar-refractivity contribution < 1.29 is 27.4 Å². The van der Waals surface area contributed by atoms with Gasteiger partial charge in [-0.15, -0.1) is 0 Å². The normalized spacial score (nSPS) is 15.7. The lowest BCUT2D eigenvalue weighted by atomic mass is 10.1. The molecule has 1 amide bonds. The minimum Gasteiger partial charge on any atom is -0.487 e. The number of hydrogen-bond donors (Lipinski definition) is 0. The van der Waals surface area contributed by atoms with Gasteiger partial charge in [0, 0.05) is 11.6 Å². The van der Waals surface area contributed by atoms with E-state index in [1.165, 1.54) is 4.90 Å². The van der Waals surface area contributed by atoms with Crippen molar-refractivity contribution in [3.63, 3.8) is 0 Å². The van der Waals surface area contributed by atoms with Crippen molar-refractivity contribution in [3.05, 3.63) is 29.6 Å². The Labute approximate surface area is 126 Å². The fraction of sp³-hybridized carbons (Fsp3) is 0.533. The Balaban J connectivity index is 1.89. The van der Waals surface area contributed by atoms with E-state index in [1.807, 2.05) is 0 Å². The van der Waals surface area contributed by atoms with Gasteiger partial charge in [-0.2, -0.15) is 0 Å². The van der Waals surface area contributed by atoms with E-state index in [4.69, 9.17) is 9.47 Å². The van der Waals surface area contributed by atoms with Crippen molar-refractivity contribution in [3.8, 4) is 5.75 Å². The highest BCUT2D eigenvalue weighted by molar-refractivity contribution is 5.69. The van der Waals surface area contributed by atoms with E-state index in [-0.39, 0.29) is 24.9 Å². The largest absolute Gasteiger partial charge is 0.487 e. The van der Waals surface area contributed by atoms with Gasteiger partial charge in [0.1, 0.15) is 23.3 Å². The van der Waals surface area contributed by atoms with Crippen molar-refractivity contribution in [2.75, 3.05) is 13.1 Å². The van der Waals surface area contributed by atoms with E-state index >= 15 is 0 Å². The predicted molar refractivity (Wildman–Crippen MR) is 73.6 cm³/mol. The minimum absolute atomic E-state index is 0.0316. The molecule has 0 aliphatic carbocycles. The zero-order valence-corrected chi connectivity index (χ0v) is 12.6. The highest BCUT2D eigenvalue weighted by Gasteiger charge is 2.35. The first-order chi connectivity index (χ1) is 10.1. The molecule has 1 fully saturated rings. The van der Waals surface area contributed by atoms with Crippen molar-refractivity contribution in [1.82, 2.24) is 4.90 Å². The van der Waals surface area contributed by atoms with Crippen LogP contribution in [0.5, 0.6) is 5.75 Å². The van der Waals surface area contributed by atoms with Crippen LogP contribution in [0.2, 0.25) is 0 Å². The lowest BCUT2D eigenvalue weighted by molar-refractivity contribution is -0.0222. The topological polar surface area (TPSA) is 38.8 Å². The van der Waals surface area contributed by atoms with Gasteiger partial charge in [-0.25, -0.2) is 18.0 Å². The van der Waals surface area contributed by atoms with Gasteiger partial charge in [0.25, 0.3) is 6.43 Å². The van der Waals surface area contributed by atoms with Crippen molar-refractivity contribution in [1.29, 1.82) is 0 Å². The zero-order chi connectivity index (χ0) is 16.5. The average molecular weight is 317 g/mol. The third-order valence-electron chi connectivity index (χ3n) is 2.95. The summed E-state index contributed by atoms with van der Waals surface area (Å²) in [5.74, 6) is -0.750. The maximum Gasteiger partial charge on any atom is 0.410 e. The van der Waals surface area contributed by atoms with Crippen LogP contribution in [-0.2, 0) is 4.74 Å². The lowest BCUT2D eigenvalue weighted by Gasteiger charge is -2.39.